The van der Waals surface area contributed by atoms with Crippen LogP contribution in [0.15, 0.2) is 48.0 Å². The highest BCUT2D eigenvalue weighted by Crippen LogP contribution is 2.36. The summed E-state index contributed by atoms with van der Waals surface area (Å²) >= 11 is 0. The summed E-state index contributed by atoms with van der Waals surface area (Å²) in [4.78, 5) is 4.31. The number of allylic oxidation sites excluding steroid dienone is 2. The van der Waals surface area contributed by atoms with Crippen molar-refractivity contribution >= 4 is 12.2 Å². The average molecular weight is 340 g/mol. The van der Waals surface area contributed by atoms with Crippen LogP contribution in [-0.4, -0.2) is 17.5 Å². The molecule has 0 amide bonds. The lowest BCUT2D eigenvalue weighted by molar-refractivity contribution is -0.253. The van der Waals surface area contributed by atoms with Crippen molar-refractivity contribution in [2.24, 2.45) is 0 Å². The van der Waals surface area contributed by atoms with E-state index in [1.807, 2.05) is 68.5 Å². The van der Waals surface area contributed by atoms with Gasteiger partial charge in [0.25, 0.3) is 0 Å². The van der Waals surface area contributed by atoms with Gasteiger partial charge in [0.1, 0.15) is 18.1 Å². The van der Waals surface area contributed by atoms with E-state index in [1.165, 1.54) is 0 Å². The Kier molecular flexibility index (Phi) is 6.81. The van der Waals surface area contributed by atoms with Crippen LogP contribution in [0.5, 0.6) is 11.5 Å². The van der Waals surface area contributed by atoms with Crippen molar-refractivity contribution in [3.63, 3.8) is 0 Å². The van der Waals surface area contributed by atoms with Gasteiger partial charge in [0.05, 0.1) is 7.11 Å². The molecule has 4 heteroatoms. The second-order valence-electron chi connectivity index (χ2n) is 5.98. The second-order valence-corrected chi connectivity index (χ2v) is 5.98. The molecule has 0 aliphatic carbocycles. The first-order valence-electron chi connectivity index (χ1n) is 8.11. The molecule has 0 aliphatic heterocycles. The molecule has 0 saturated heterocycles. The van der Waals surface area contributed by atoms with Crippen molar-refractivity contribution in [3.8, 4) is 11.5 Å². The standard InChI is InChI=1S/C21H24O4/c1-15(2)9-12-18-20(24-3)13-17(19(14-25-23)21(18)22)11-10-16-7-5-4-6-8-16/h4-11,13,22-23H,12,14H2,1-3H3. The molecule has 4 nitrogen and oxygen atoms in total. The van der Waals surface area contributed by atoms with E-state index in [9.17, 15) is 5.11 Å². The largest absolute Gasteiger partial charge is 0.507 e. The van der Waals surface area contributed by atoms with E-state index >= 15 is 0 Å². The molecule has 0 aliphatic rings. The first-order valence-corrected chi connectivity index (χ1v) is 8.11. The third-order valence-corrected chi connectivity index (χ3v) is 3.90. The number of ether oxygens (including phenoxy) is 1. The summed E-state index contributed by atoms with van der Waals surface area (Å²) in [7, 11) is 1.58. The Hall–Kier alpha value is -2.56. The van der Waals surface area contributed by atoms with Crippen LogP contribution >= 0.6 is 0 Å². The van der Waals surface area contributed by atoms with Crippen molar-refractivity contribution < 1.29 is 20.0 Å². The Balaban J connectivity index is 2.50. The second kappa shape index (κ2) is 9.06. The number of aromatic hydroxyl groups is 1. The summed E-state index contributed by atoms with van der Waals surface area (Å²) in [5.41, 5.74) is 4.10. The van der Waals surface area contributed by atoms with Gasteiger partial charge in [0.2, 0.25) is 0 Å². The van der Waals surface area contributed by atoms with Crippen LogP contribution in [0.25, 0.3) is 12.2 Å². The maximum Gasteiger partial charge on any atom is 0.129 e. The molecular formula is C21H24O4. The van der Waals surface area contributed by atoms with Gasteiger partial charge in [-0.25, -0.2) is 4.89 Å². The van der Waals surface area contributed by atoms with Gasteiger partial charge >= 0.3 is 0 Å². The van der Waals surface area contributed by atoms with E-state index in [4.69, 9.17) is 9.99 Å². The molecular weight excluding hydrogens is 316 g/mol. The Morgan fingerprint density at radius 1 is 1.08 bits per heavy atom. The molecule has 2 aromatic carbocycles. The van der Waals surface area contributed by atoms with Gasteiger partial charge < -0.3 is 9.84 Å². The number of phenols is 1. The fraction of sp³-hybridized carbons (Fsp3) is 0.238. The summed E-state index contributed by atoms with van der Waals surface area (Å²) < 4.78 is 5.46. The van der Waals surface area contributed by atoms with Crippen molar-refractivity contribution in [1.29, 1.82) is 0 Å². The molecule has 2 rings (SSSR count). The van der Waals surface area contributed by atoms with Gasteiger partial charge in [-0.15, -0.1) is 0 Å². The molecule has 0 spiro atoms. The van der Waals surface area contributed by atoms with E-state index in [2.05, 4.69) is 4.89 Å². The van der Waals surface area contributed by atoms with Crippen LogP contribution in [0.4, 0.5) is 0 Å². The molecule has 0 bridgehead atoms. The highest BCUT2D eigenvalue weighted by Gasteiger charge is 2.17. The maximum absolute atomic E-state index is 10.7. The molecule has 0 atom stereocenters. The molecule has 0 fully saturated rings. The SMILES string of the molecule is COc1cc(C=Cc2ccccc2)c(COO)c(O)c1CC=C(C)C. The number of phenolic OH excluding ortho intramolecular Hbond substituents is 1. The molecule has 2 aromatic rings. The van der Waals surface area contributed by atoms with Crippen molar-refractivity contribution in [3.05, 3.63) is 70.3 Å². The smallest absolute Gasteiger partial charge is 0.129 e. The summed E-state index contributed by atoms with van der Waals surface area (Å²) in [5.74, 6) is 0.683. The number of hydrogen-bond donors (Lipinski definition) is 2. The summed E-state index contributed by atoms with van der Waals surface area (Å²) in [6, 6.07) is 11.7. The van der Waals surface area contributed by atoms with E-state index in [0.29, 0.717) is 23.3 Å². The fourth-order valence-electron chi connectivity index (χ4n) is 2.55. The predicted molar refractivity (Wildman–Crippen MR) is 101 cm³/mol. The van der Waals surface area contributed by atoms with Crippen molar-refractivity contribution in [1.82, 2.24) is 0 Å². The molecule has 25 heavy (non-hydrogen) atoms. The minimum atomic E-state index is -0.105. The van der Waals surface area contributed by atoms with Crippen LogP contribution in [0, 0.1) is 0 Å². The zero-order valence-electron chi connectivity index (χ0n) is 14.8. The summed E-state index contributed by atoms with van der Waals surface area (Å²) in [6.07, 6.45) is 6.36. The van der Waals surface area contributed by atoms with E-state index < -0.39 is 0 Å². The predicted octanol–water partition coefficient (Wildman–Crippen LogP) is 5.07. The Bertz CT molecular complexity index is 757. The Labute approximate surface area is 148 Å². The average Bonchev–Trinajstić information content (AvgIpc) is 2.61. The highest BCUT2D eigenvalue weighted by molar-refractivity contribution is 5.74. The van der Waals surface area contributed by atoms with Gasteiger partial charge in [-0.2, -0.15) is 0 Å². The molecule has 0 saturated carbocycles. The Morgan fingerprint density at radius 3 is 2.40 bits per heavy atom. The van der Waals surface area contributed by atoms with Crippen LogP contribution in [-0.2, 0) is 17.9 Å². The summed E-state index contributed by atoms with van der Waals surface area (Å²) in [6.45, 7) is 3.89. The first kappa shape index (κ1) is 18.8. The van der Waals surface area contributed by atoms with Crippen molar-refractivity contribution in [2.75, 3.05) is 7.11 Å². The summed E-state index contributed by atoms with van der Waals surface area (Å²) in [5, 5.41) is 19.6. The third-order valence-electron chi connectivity index (χ3n) is 3.90. The molecule has 2 N–H and O–H groups in total. The lowest BCUT2D eigenvalue weighted by Crippen LogP contribution is -2.00. The Morgan fingerprint density at radius 2 is 1.80 bits per heavy atom. The van der Waals surface area contributed by atoms with Crippen LogP contribution in [0.2, 0.25) is 0 Å². The van der Waals surface area contributed by atoms with E-state index in [-0.39, 0.29) is 12.4 Å². The lowest BCUT2D eigenvalue weighted by Gasteiger charge is -2.16. The number of benzene rings is 2. The molecule has 0 aromatic heterocycles. The number of rotatable bonds is 7. The highest BCUT2D eigenvalue weighted by atomic mass is 17.1. The van der Waals surface area contributed by atoms with Crippen LogP contribution in [0.3, 0.4) is 0 Å². The van der Waals surface area contributed by atoms with Gasteiger partial charge in [-0.05, 0) is 37.5 Å². The molecule has 0 heterocycles. The normalized spacial score (nSPS) is 10.9. The monoisotopic (exact) mass is 340 g/mol. The first-order chi connectivity index (χ1) is 12.1. The quantitative estimate of drug-likeness (QED) is 0.320. The van der Waals surface area contributed by atoms with Crippen molar-refractivity contribution in [2.45, 2.75) is 26.9 Å². The fourth-order valence-corrected chi connectivity index (χ4v) is 2.55. The molecule has 132 valence electrons. The number of methoxy groups -OCH3 is 1. The zero-order valence-corrected chi connectivity index (χ0v) is 14.8. The minimum absolute atomic E-state index is 0.0820. The third kappa shape index (κ3) is 4.95. The lowest BCUT2D eigenvalue weighted by atomic mass is 9.98. The van der Waals surface area contributed by atoms with Crippen LogP contribution < -0.4 is 4.74 Å². The van der Waals surface area contributed by atoms with Gasteiger partial charge in [-0.3, -0.25) is 5.26 Å². The molecule has 0 unspecified atom stereocenters. The van der Waals surface area contributed by atoms with E-state index in [0.717, 1.165) is 16.7 Å². The number of hydrogen-bond acceptors (Lipinski definition) is 4. The van der Waals surface area contributed by atoms with Gasteiger partial charge in [0.15, 0.2) is 0 Å². The van der Waals surface area contributed by atoms with Gasteiger partial charge in [-0.1, -0.05) is 54.1 Å². The van der Waals surface area contributed by atoms with E-state index in [1.54, 1.807) is 7.11 Å². The minimum Gasteiger partial charge on any atom is -0.507 e. The topological polar surface area (TPSA) is 58.9 Å². The maximum atomic E-state index is 10.7. The zero-order chi connectivity index (χ0) is 18.2. The van der Waals surface area contributed by atoms with Gasteiger partial charge in [0, 0.05) is 11.1 Å². The molecule has 0 radical (unpaired) electrons. The van der Waals surface area contributed by atoms with Crippen LogP contribution in [0.1, 0.15) is 36.1 Å².